The Kier molecular flexibility index (Phi) is 5.67. The van der Waals surface area contributed by atoms with E-state index in [0.717, 1.165) is 25.6 Å². The molecular weight excluding hydrogens is 278 g/mol. The lowest BCUT2D eigenvalue weighted by molar-refractivity contribution is 0.199. The van der Waals surface area contributed by atoms with Crippen molar-refractivity contribution in [2.45, 2.75) is 59.9 Å². The van der Waals surface area contributed by atoms with Gasteiger partial charge in [0, 0.05) is 30.2 Å². The smallest absolute Gasteiger partial charge is 0.185 e. The van der Waals surface area contributed by atoms with Crippen LogP contribution in [-0.2, 0) is 0 Å². The summed E-state index contributed by atoms with van der Waals surface area (Å²) in [7, 11) is 0. The van der Waals surface area contributed by atoms with Crippen LogP contribution < -0.4 is 10.2 Å². The molecule has 0 bridgehead atoms. The summed E-state index contributed by atoms with van der Waals surface area (Å²) >= 11 is 1.86. The van der Waals surface area contributed by atoms with E-state index in [9.17, 15) is 0 Å². The van der Waals surface area contributed by atoms with Crippen LogP contribution in [0.15, 0.2) is 6.20 Å². The molecule has 0 amide bonds. The predicted octanol–water partition coefficient (Wildman–Crippen LogP) is 4.47. The fraction of sp³-hybridized carbons (Fsp3) is 0.824. The van der Waals surface area contributed by atoms with E-state index in [1.807, 2.05) is 11.3 Å². The third kappa shape index (κ3) is 4.43. The highest BCUT2D eigenvalue weighted by molar-refractivity contribution is 7.15. The maximum Gasteiger partial charge on any atom is 0.185 e. The first-order valence-corrected chi connectivity index (χ1v) is 9.17. The first kappa shape index (κ1) is 16.8. The van der Waals surface area contributed by atoms with Crippen LogP contribution in [0.5, 0.6) is 0 Å². The Balaban J connectivity index is 1.91. The summed E-state index contributed by atoms with van der Waals surface area (Å²) in [6, 6.07) is 0.420. The number of anilines is 1. The summed E-state index contributed by atoms with van der Waals surface area (Å²) in [5.41, 5.74) is 0.443. The Morgan fingerprint density at radius 3 is 2.62 bits per heavy atom. The van der Waals surface area contributed by atoms with Gasteiger partial charge in [0.1, 0.15) is 0 Å². The van der Waals surface area contributed by atoms with Crippen LogP contribution in [0.25, 0.3) is 0 Å². The van der Waals surface area contributed by atoms with Gasteiger partial charge in [0.25, 0.3) is 0 Å². The number of nitrogens with one attached hydrogen (secondary N) is 1. The second kappa shape index (κ2) is 7.10. The van der Waals surface area contributed by atoms with Crippen molar-refractivity contribution >= 4 is 16.5 Å². The zero-order valence-corrected chi connectivity index (χ0v) is 15.1. The average Bonchev–Trinajstić information content (AvgIpc) is 2.94. The predicted molar refractivity (Wildman–Crippen MR) is 93.2 cm³/mol. The maximum absolute atomic E-state index is 4.66. The number of aromatic nitrogens is 1. The van der Waals surface area contributed by atoms with Gasteiger partial charge in [-0.3, -0.25) is 0 Å². The van der Waals surface area contributed by atoms with Crippen molar-refractivity contribution in [3.05, 3.63) is 11.1 Å². The van der Waals surface area contributed by atoms with Crippen LogP contribution in [0.1, 0.15) is 64.8 Å². The molecule has 1 aromatic heterocycles. The molecule has 0 spiro atoms. The quantitative estimate of drug-likeness (QED) is 0.870. The fourth-order valence-electron chi connectivity index (χ4n) is 3.02. The molecule has 4 heteroatoms. The van der Waals surface area contributed by atoms with E-state index < -0.39 is 0 Å². The first-order chi connectivity index (χ1) is 9.91. The Hall–Kier alpha value is -0.610. The zero-order valence-electron chi connectivity index (χ0n) is 14.3. The van der Waals surface area contributed by atoms with Crippen molar-refractivity contribution in [3.63, 3.8) is 0 Å². The lowest BCUT2D eigenvalue weighted by Crippen LogP contribution is -2.37. The summed E-state index contributed by atoms with van der Waals surface area (Å²) in [5.74, 6) is 0.846. The summed E-state index contributed by atoms with van der Waals surface area (Å²) < 4.78 is 0. The van der Waals surface area contributed by atoms with E-state index in [-0.39, 0.29) is 0 Å². The van der Waals surface area contributed by atoms with Crippen molar-refractivity contribution in [3.8, 4) is 0 Å². The molecule has 3 nitrogen and oxygen atoms in total. The molecule has 1 aromatic rings. The molecule has 1 saturated heterocycles. The van der Waals surface area contributed by atoms with Crippen LogP contribution in [-0.4, -0.2) is 24.6 Å². The summed E-state index contributed by atoms with van der Waals surface area (Å²) in [4.78, 5) is 8.49. The number of rotatable bonds is 5. The highest BCUT2D eigenvalue weighted by atomic mass is 32.1. The highest BCUT2D eigenvalue weighted by Crippen LogP contribution is 2.36. The van der Waals surface area contributed by atoms with Gasteiger partial charge in [0.2, 0.25) is 0 Å². The first-order valence-electron chi connectivity index (χ1n) is 8.36. The van der Waals surface area contributed by atoms with Crippen LogP contribution in [0, 0.1) is 11.3 Å². The topological polar surface area (TPSA) is 28.2 Å². The largest absolute Gasteiger partial charge is 0.348 e. The minimum atomic E-state index is 0.420. The highest BCUT2D eigenvalue weighted by Gasteiger charge is 2.29. The van der Waals surface area contributed by atoms with Gasteiger partial charge in [-0.05, 0) is 44.1 Å². The van der Waals surface area contributed by atoms with Gasteiger partial charge in [-0.1, -0.05) is 27.7 Å². The van der Waals surface area contributed by atoms with Gasteiger partial charge in [0.05, 0.1) is 0 Å². The minimum absolute atomic E-state index is 0.420. The van der Waals surface area contributed by atoms with E-state index in [0.29, 0.717) is 11.5 Å². The van der Waals surface area contributed by atoms with E-state index in [1.54, 1.807) is 0 Å². The Bertz CT molecular complexity index is 427. The molecule has 1 aliphatic heterocycles. The standard InChI is InChI=1S/C17H31N3S/c1-6-9-18-13(2)15-12-19-16(21-15)20-10-7-14(8-11-20)17(3,4)5/h12-14,18H,6-11H2,1-5H3. The summed E-state index contributed by atoms with van der Waals surface area (Å²) in [6.07, 6.45) is 5.82. The molecule has 120 valence electrons. The number of nitrogens with zero attached hydrogens (tertiary/aromatic N) is 2. The van der Waals surface area contributed by atoms with Crippen LogP contribution >= 0.6 is 11.3 Å². The van der Waals surface area contributed by atoms with Crippen LogP contribution in [0.2, 0.25) is 0 Å². The molecule has 1 fully saturated rings. The normalized spacial score (nSPS) is 19.0. The SMILES string of the molecule is CCCNC(C)c1cnc(N2CCC(C(C)(C)C)CC2)s1. The van der Waals surface area contributed by atoms with Crippen LogP contribution in [0.3, 0.4) is 0 Å². The van der Waals surface area contributed by atoms with Crippen LogP contribution in [0.4, 0.5) is 5.13 Å². The molecule has 0 aliphatic carbocycles. The fourth-order valence-corrected chi connectivity index (χ4v) is 4.02. The van der Waals surface area contributed by atoms with Crippen molar-refractivity contribution in [1.29, 1.82) is 0 Å². The zero-order chi connectivity index (χ0) is 15.5. The van der Waals surface area contributed by atoms with Crippen molar-refractivity contribution in [2.75, 3.05) is 24.5 Å². The van der Waals surface area contributed by atoms with E-state index in [4.69, 9.17) is 0 Å². The second-order valence-electron chi connectivity index (χ2n) is 7.35. The molecule has 21 heavy (non-hydrogen) atoms. The van der Waals surface area contributed by atoms with Crippen molar-refractivity contribution in [1.82, 2.24) is 10.3 Å². The molecule has 1 N–H and O–H groups in total. The maximum atomic E-state index is 4.66. The molecule has 0 aromatic carbocycles. The number of piperidine rings is 1. The molecular formula is C17H31N3S. The molecule has 1 unspecified atom stereocenters. The number of hydrogen-bond acceptors (Lipinski definition) is 4. The Labute approximate surface area is 134 Å². The monoisotopic (exact) mass is 309 g/mol. The molecule has 1 aliphatic rings. The van der Waals surface area contributed by atoms with Gasteiger partial charge in [-0.25, -0.2) is 4.98 Å². The molecule has 0 saturated carbocycles. The van der Waals surface area contributed by atoms with E-state index >= 15 is 0 Å². The van der Waals surface area contributed by atoms with E-state index in [1.165, 1.54) is 29.3 Å². The minimum Gasteiger partial charge on any atom is -0.348 e. The lowest BCUT2D eigenvalue weighted by atomic mass is 9.75. The summed E-state index contributed by atoms with van der Waals surface area (Å²) in [5, 5.41) is 4.75. The van der Waals surface area contributed by atoms with Crippen molar-refractivity contribution in [2.24, 2.45) is 11.3 Å². The Morgan fingerprint density at radius 2 is 2.05 bits per heavy atom. The van der Waals surface area contributed by atoms with Gasteiger partial charge in [0.15, 0.2) is 5.13 Å². The molecule has 2 rings (SSSR count). The third-order valence-electron chi connectivity index (χ3n) is 4.63. The van der Waals surface area contributed by atoms with Gasteiger partial charge >= 0.3 is 0 Å². The van der Waals surface area contributed by atoms with E-state index in [2.05, 4.69) is 56.0 Å². The lowest BCUT2D eigenvalue weighted by Gasteiger charge is -2.38. The molecule has 1 atom stereocenters. The third-order valence-corrected chi connectivity index (χ3v) is 5.87. The van der Waals surface area contributed by atoms with Gasteiger partial charge in [-0.15, -0.1) is 11.3 Å². The summed E-state index contributed by atoms with van der Waals surface area (Å²) in [6.45, 7) is 14.9. The second-order valence-corrected chi connectivity index (χ2v) is 8.39. The number of thiazole rings is 1. The Morgan fingerprint density at radius 1 is 1.38 bits per heavy atom. The molecule has 2 heterocycles. The number of hydrogen-bond donors (Lipinski definition) is 1. The van der Waals surface area contributed by atoms with Gasteiger partial charge in [-0.2, -0.15) is 0 Å². The van der Waals surface area contributed by atoms with Crippen molar-refractivity contribution < 1.29 is 0 Å². The molecule has 0 radical (unpaired) electrons. The average molecular weight is 310 g/mol. The van der Waals surface area contributed by atoms with Gasteiger partial charge < -0.3 is 10.2 Å².